The molecule has 226 valence electrons. The molecule has 2 amide bonds. The summed E-state index contributed by atoms with van der Waals surface area (Å²) >= 11 is 0. The molecule has 0 unspecified atom stereocenters. The molecule has 7 nitrogen and oxygen atoms in total. The molecule has 0 spiro atoms. The van der Waals surface area contributed by atoms with Crippen molar-refractivity contribution in [2.24, 2.45) is 5.92 Å². The van der Waals surface area contributed by atoms with Gasteiger partial charge in [0.2, 0.25) is 11.8 Å². The molecular formula is C31H36F3N3O4S. The number of benzene rings is 3. The van der Waals surface area contributed by atoms with E-state index in [1.54, 1.807) is 25.1 Å². The van der Waals surface area contributed by atoms with E-state index in [0.717, 1.165) is 17.7 Å². The van der Waals surface area contributed by atoms with Gasteiger partial charge < -0.3 is 10.2 Å². The topological polar surface area (TPSA) is 86.8 Å². The molecule has 0 aliphatic rings. The van der Waals surface area contributed by atoms with Crippen LogP contribution in [0.4, 0.5) is 18.9 Å². The number of nitrogens with zero attached hydrogens (tertiary/aromatic N) is 2. The monoisotopic (exact) mass is 603 g/mol. The number of hydrogen-bond acceptors (Lipinski definition) is 4. The van der Waals surface area contributed by atoms with E-state index in [0.29, 0.717) is 22.5 Å². The van der Waals surface area contributed by atoms with Crippen LogP contribution in [0.2, 0.25) is 0 Å². The summed E-state index contributed by atoms with van der Waals surface area (Å²) in [6.45, 7) is 7.05. The van der Waals surface area contributed by atoms with Crippen molar-refractivity contribution in [2.75, 3.05) is 17.4 Å². The number of halogens is 3. The third-order valence-corrected chi connectivity index (χ3v) is 8.40. The molecule has 0 bridgehead atoms. The molecule has 0 saturated carbocycles. The lowest BCUT2D eigenvalue weighted by Gasteiger charge is -2.33. The van der Waals surface area contributed by atoms with E-state index in [-0.39, 0.29) is 29.5 Å². The fourth-order valence-electron chi connectivity index (χ4n) is 4.32. The summed E-state index contributed by atoms with van der Waals surface area (Å²) in [6, 6.07) is 17.4. The van der Waals surface area contributed by atoms with Crippen molar-refractivity contribution in [2.45, 2.75) is 57.8 Å². The van der Waals surface area contributed by atoms with Gasteiger partial charge in [0.15, 0.2) is 0 Å². The fraction of sp³-hybridized carbons (Fsp3) is 0.355. The number of carbonyl (C=O) groups is 2. The minimum atomic E-state index is -4.73. The first-order valence-corrected chi connectivity index (χ1v) is 15.1. The molecule has 42 heavy (non-hydrogen) atoms. The highest BCUT2D eigenvalue weighted by Crippen LogP contribution is 2.33. The van der Waals surface area contributed by atoms with Crippen LogP contribution in [0.3, 0.4) is 0 Å². The maximum atomic E-state index is 14.0. The summed E-state index contributed by atoms with van der Waals surface area (Å²) in [7, 11) is -4.48. The Balaban J connectivity index is 2.09. The van der Waals surface area contributed by atoms with Crippen LogP contribution in [-0.4, -0.2) is 44.3 Å². The van der Waals surface area contributed by atoms with Gasteiger partial charge >= 0.3 is 6.18 Å². The van der Waals surface area contributed by atoms with E-state index in [4.69, 9.17) is 0 Å². The molecule has 0 aliphatic heterocycles. The Labute approximate surface area is 245 Å². The van der Waals surface area contributed by atoms with E-state index in [2.05, 4.69) is 5.32 Å². The van der Waals surface area contributed by atoms with Gasteiger partial charge in [-0.1, -0.05) is 74.9 Å². The van der Waals surface area contributed by atoms with Crippen LogP contribution in [0.1, 0.15) is 43.9 Å². The highest BCUT2D eigenvalue weighted by molar-refractivity contribution is 7.92. The van der Waals surface area contributed by atoms with E-state index < -0.39 is 46.2 Å². The average molecular weight is 604 g/mol. The van der Waals surface area contributed by atoms with Gasteiger partial charge in [0.05, 0.1) is 16.1 Å². The van der Waals surface area contributed by atoms with Crippen molar-refractivity contribution in [1.29, 1.82) is 0 Å². The second-order valence-corrected chi connectivity index (χ2v) is 12.3. The van der Waals surface area contributed by atoms with Crippen LogP contribution in [0.5, 0.6) is 0 Å². The largest absolute Gasteiger partial charge is 0.416 e. The summed E-state index contributed by atoms with van der Waals surface area (Å²) in [5, 5.41) is 2.84. The number of hydrogen-bond donors (Lipinski definition) is 1. The lowest BCUT2D eigenvalue weighted by Crippen LogP contribution is -2.52. The minimum Gasteiger partial charge on any atom is -0.354 e. The first-order chi connectivity index (χ1) is 19.7. The van der Waals surface area contributed by atoms with Gasteiger partial charge in [-0.25, -0.2) is 8.42 Å². The number of carbonyl (C=O) groups excluding carboxylic acids is 2. The number of aryl methyl sites for hydroxylation is 1. The number of rotatable bonds is 12. The molecule has 3 aromatic rings. The molecule has 0 heterocycles. The minimum absolute atomic E-state index is 0.00542. The van der Waals surface area contributed by atoms with E-state index in [1.807, 2.05) is 32.9 Å². The molecule has 11 heteroatoms. The van der Waals surface area contributed by atoms with Crippen molar-refractivity contribution < 1.29 is 31.2 Å². The smallest absolute Gasteiger partial charge is 0.354 e. The fourth-order valence-corrected chi connectivity index (χ4v) is 5.75. The molecule has 0 fully saturated rings. The second-order valence-electron chi connectivity index (χ2n) is 10.4. The molecular weight excluding hydrogens is 567 g/mol. The van der Waals surface area contributed by atoms with Gasteiger partial charge in [0.25, 0.3) is 10.0 Å². The van der Waals surface area contributed by atoms with E-state index >= 15 is 0 Å². The van der Waals surface area contributed by atoms with Crippen molar-refractivity contribution in [3.63, 3.8) is 0 Å². The SMILES string of the molecule is CC[C@@H](C(=O)NCC(C)C)N(Cc1ccc(C)cc1)C(=O)CN(c1cccc(C(F)(F)F)c1)S(=O)(=O)c1ccccc1. The van der Waals surface area contributed by atoms with Gasteiger partial charge in [-0.05, 0) is 55.2 Å². The Morgan fingerprint density at radius 3 is 2.14 bits per heavy atom. The van der Waals surface area contributed by atoms with Crippen LogP contribution in [0, 0.1) is 12.8 Å². The average Bonchev–Trinajstić information content (AvgIpc) is 2.95. The van der Waals surface area contributed by atoms with Crippen LogP contribution < -0.4 is 9.62 Å². The zero-order chi connectivity index (χ0) is 31.1. The van der Waals surface area contributed by atoms with Crippen LogP contribution in [0.25, 0.3) is 0 Å². The first-order valence-electron chi connectivity index (χ1n) is 13.6. The first kappa shape index (κ1) is 32.7. The van der Waals surface area contributed by atoms with Crippen molar-refractivity contribution >= 4 is 27.5 Å². The number of sulfonamides is 1. The quantitative estimate of drug-likeness (QED) is 0.284. The Hall–Kier alpha value is -3.86. The Bertz CT molecular complexity index is 1460. The van der Waals surface area contributed by atoms with Gasteiger partial charge in [-0.3, -0.25) is 13.9 Å². The van der Waals surface area contributed by atoms with Gasteiger partial charge in [-0.15, -0.1) is 0 Å². The third kappa shape index (κ3) is 8.34. The number of anilines is 1. The lowest BCUT2D eigenvalue weighted by molar-refractivity contribution is -0.140. The third-order valence-electron chi connectivity index (χ3n) is 6.62. The Kier molecular flexibility index (Phi) is 10.8. The zero-order valence-electron chi connectivity index (χ0n) is 24.1. The van der Waals surface area contributed by atoms with Crippen LogP contribution in [-0.2, 0) is 32.3 Å². The summed E-state index contributed by atoms with van der Waals surface area (Å²) in [5.41, 5.74) is 0.315. The van der Waals surface area contributed by atoms with Crippen molar-refractivity contribution in [1.82, 2.24) is 10.2 Å². The normalized spacial score (nSPS) is 12.6. The highest BCUT2D eigenvalue weighted by Gasteiger charge is 2.36. The lowest BCUT2D eigenvalue weighted by atomic mass is 10.1. The Morgan fingerprint density at radius 1 is 0.929 bits per heavy atom. The van der Waals surface area contributed by atoms with Crippen LogP contribution in [0.15, 0.2) is 83.8 Å². The van der Waals surface area contributed by atoms with E-state index in [1.165, 1.54) is 35.2 Å². The molecule has 3 rings (SSSR count). The highest BCUT2D eigenvalue weighted by atomic mass is 32.2. The summed E-state index contributed by atoms with van der Waals surface area (Å²) in [4.78, 5) is 28.4. The predicted molar refractivity (Wildman–Crippen MR) is 156 cm³/mol. The molecule has 0 saturated heterocycles. The standard InChI is InChI=1S/C31H36F3N3O4S/c1-5-28(30(39)35-19-22(2)3)36(20-24-16-14-23(4)15-17-24)29(38)21-37(42(40,41)27-12-7-6-8-13-27)26-11-9-10-25(18-26)31(32,33)34/h6-18,22,28H,5,19-21H2,1-4H3,(H,35,39)/t28-/m0/s1. The number of nitrogens with one attached hydrogen (secondary N) is 1. The number of alkyl halides is 3. The van der Waals surface area contributed by atoms with Crippen LogP contribution >= 0.6 is 0 Å². The summed E-state index contributed by atoms with van der Waals surface area (Å²) in [5.74, 6) is -0.984. The van der Waals surface area contributed by atoms with Gasteiger partial charge in [0, 0.05) is 13.1 Å². The molecule has 1 N–H and O–H groups in total. The summed E-state index contributed by atoms with van der Waals surface area (Å²) in [6.07, 6.45) is -4.50. The predicted octanol–water partition coefficient (Wildman–Crippen LogP) is 5.79. The van der Waals surface area contributed by atoms with Gasteiger partial charge in [0.1, 0.15) is 12.6 Å². The molecule has 3 aromatic carbocycles. The molecule has 0 aliphatic carbocycles. The Morgan fingerprint density at radius 2 is 1.57 bits per heavy atom. The van der Waals surface area contributed by atoms with Crippen molar-refractivity contribution in [3.05, 3.63) is 95.6 Å². The molecule has 0 aromatic heterocycles. The maximum Gasteiger partial charge on any atom is 0.416 e. The summed E-state index contributed by atoms with van der Waals surface area (Å²) < 4.78 is 69.0. The molecule has 1 atom stereocenters. The maximum absolute atomic E-state index is 14.0. The zero-order valence-corrected chi connectivity index (χ0v) is 24.9. The van der Waals surface area contributed by atoms with E-state index in [9.17, 15) is 31.2 Å². The van der Waals surface area contributed by atoms with Crippen molar-refractivity contribution in [3.8, 4) is 0 Å². The number of amides is 2. The molecule has 0 radical (unpaired) electrons. The second kappa shape index (κ2) is 13.9. The van der Waals surface area contributed by atoms with Gasteiger partial charge in [-0.2, -0.15) is 13.2 Å².